The van der Waals surface area contributed by atoms with Crippen LogP contribution in [0.3, 0.4) is 0 Å². The van der Waals surface area contributed by atoms with Crippen molar-refractivity contribution in [1.82, 2.24) is 0 Å². The van der Waals surface area contributed by atoms with Gasteiger partial charge in [0.2, 0.25) is 0 Å². The summed E-state index contributed by atoms with van der Waals surface area (Å²) < 4.78 is 11.2. The van der Waals surface area contributed by atoms with Crippen LogP contribution in [0.15, 0.2) is 12.2 Å². The first-order chi connectivity index (χ1) is 6.46. The van der Waals surface area contributed by atoms with Crippen LogP contribution in [-0.4, -0.2) is 30.2 Å². The van der Waals surface area contributed by atoms with Gasteiger partial charge in [-0.3, -0.25) is 0 Å². The van der Waals surface area contributed by atoms with E-state index in [1.54, 1.807) is 0 Å². The van der Waals surface area contributed by atoms with Gasteiger partial charge in [-0.15, -0.1) is 0 Å². The topological polar surface area (TPSA) is 38.7 Å². The van der Waals surface area contributed by atoms with Crippen LogP contribution in [0.5, 0.6) is 0 Å². The largest absolute Gasteiger partial charge is 0.396 e. The zero-order valence-electron chi connectivity index (χ0n) is 9.25. The predicted molar refractivity (Wildman–Crippen MR) is 54.9 cm³/mol. The lowest BCUT2D eigenvalue weighted by atomic mass is 9.93. The van der Waals surface area contributed by atoms with Gasteiger partial charge in [-0.1, -0.05) is 12.2 Å². The number of hydrogen-bond acceptors (Lipinski definition) is 3. The summed E-state index contributed by atoms with van der Waals surface area (Å²) in [4.78, 5) is 0. The normalized spacial score (nSPS) is 27.6. The van der Waals surface area contributed by atoms with Crippen molar-refractivity contribution in [2.75, 3.05) is 13.2 Å². The van der Waals surface area contributed by atoms with Gasteiger partial charge >= 0.3 is 0 Å². The van der Waals surface area contributed by atoms with Gasteiger partial charge in [-0.25, -0.2) is 0 Å². The summed E-state index contributed by atoms with van der Waals surface area (Å²) in [5.41, 5.74) is 1.05. The minimum Gasteiger partial charge on any atom is -0.396 e. The van der Waals surface area contributed by atoms with Crippen LogP contribution in [-0.2, 0) is 9.47 Å². The lowest BCUT2D eigenvalue weighted by molar-refractivity contribution is -0.143. The lowest BCUT2D eigenvalue weighted by Gasteiger charge is -2.23. The first kappa shape index (κ1) is 11.7. The Labute approximate surface area is 85.7 Å². The Bertz CT molecular complexity index is 211. The Kier molecular flexibility index (Phi) is 3.70. The monoisotopic (exact) mass is 200 g/mol. The number of aliphatic hydroxyl groups excluding tert-OH is 1. The van der Waals surface area contributed by atoms with Crippen molar-refractivity contribution in [3.8, 4) is 0 Å². The van der Waals surface area contributed by atoms with Crippen molar-refractivity contribution in [2.45, 2.75) is 39.1 Å². The summed E-state index contributed by atoms with van der Waals surface area (Å²) in [7, 11) is 0. The molecule has 0 saturated carbocycles. The standard InChI is InChI=1S/C11H20O3/c1-8(2)9(5-6-12)10-7-13-11(3,4)14-10/h9-10,12H,1,5-7H2,2-4H3/t9-,10-/m1/s1. The summed E-state index contributed by atoms with van der Waals surface area (Å²) >= 11 is 0. The molecule has 1 saturated heterocycles. The second-order valence-electron chi connectivity index (χ2n) is 4.33. The molecule has 0 amide bonds. The van der Waals surface area contributed by atoms with Crippen molar-refractivity contribution in [3.05, 3.63) is 12.2 Å². The molecular weight excluding hydrogens is 180 g/mol. The minimum atomic E-state index is -0.492. The highest BCUT2D eigenvalue weighted by molar-refractivity contribution is 5.01. The third-order valence-electron chi connectivity index (χ3n) is 2.55. The predicted octanol–water partition coefficient (Wildman–Crippen LogP) is 1.71. The van der Waals surface area contributed by atoms with E-state index in [4.69, 9.17) is 14.6 Å². The molecule has 0 spiro atoms. The average Bonchev–Trinajstić information content (AvgIpc) is 2.41. The maximum absolute atomic E-state index is 8.94. The van der Waals surface area contributed by atoms with E-state index in [0.29, 0.717) is 13.0 Å². The van der Waals surface area contributed by atoms with E-state index >= 15 is 0 Å². The molecule has 0 radical (unpaired) electrons. The summed E-state index contributed by atoms with van der Waals surface area (Å²) in [6.07, 6.45) is 0.731. The molecule has 3 nitrogen and oxygen atoms in total. The van der Waals surface area contributed by atoms with E-state index < -0.39 is 5.79 Å². The van der Waals surface area contributed by atoms with Crippen molar-refractivity contribution >= 4 is 0 Å². The number of hydrogen-bond donors (Lipinski definition) is 1. The maximum atomic E-state index is 8.94. The van der Waals surface area contributed by atoms with Gasteiger partial charge in [0.1, 0.15) is 0 Å². The molecule has 1 heterocycles. The lowest BCUT2D eigenvalue weighted by Crippen LogP contribution is -2.27. The van der Waals surface area contributed by atoms with Crippen LogP contribution in [0.2, 0.25) is 0 Å². The first-order valence-corrected chi connectivity index (χ1v) is 5.04. The molecule has 0 aromatic rings. The molecule has 0 bridgehead atoms. The van der Waals surface area contributed by atoms with Crippen LogP contribution in [0.25, 0.3) is 0 Å². The molecule has 1 rings (SSSR count). The Morgan fingerprint density at radius 1 is 1.64 bits per heavy atom. The number of rotatable bonds is 4. The Morgan fingerprint density at radius 2 is 2.29 bits per heavy atom. The second-order valence-corrected chi connectivity index (χ2v) is 4.33. The summed E-state index contributed by atoms with van der Waals surface area (Å²) in [5, 5.41) is 8.94. The molecule has 14 heavy (non-hydrogen) atoms. The molecule has 1 N–H and O–H groups in total. The van der Waals surface area contributed by atoms with E-state index in [1.807, 2.05) is 20.8 Å². The van der Waals surface area contributed by atoms with E-state index in [2.05, 4.69) is 6.58 Å². The fourth-order valence-corrected chi connectivity index (χ4v) is 1.80. The molecule has 0 aromatic carbocycles. The zero-order valence-corrected chi connectivity index (χ0v) is 9.25. The van der Waals surface area contributed by atoms with Gasteiger partial charge in [0.15, 0.2) is 5.79 Å². The molecular formula is C11H20O3. The van der Waals surface area contributed by atoms with Gasteiger partial charge in [-0.05, 0) is 27.2 Å². The maximum Gasteiger partial charge on any atom is 0.163 e. The Hall–Kier alpha value is -0.380. The van der Waals surface area contributed by atoms with Crippen LogP contribution >= 0.6 is 0 Å². The summed E-state index contributed by atoms with van der Waals surface area (Å²) in [6, 6.07) is 0. The zero-order chi connectivity index (χ0) is 10.8. The van der Waals surface area contributed by atoms with Gasteiger partial charge in [0.05, 0.1) is 12.7 Å². The van der Waals surface area contributed by atoms with Crippen molar-refractivity contribution in [3.63, 3.8) is 0 Å². The molecule has 1 aliphatic heterocycles. The van der Waals surface area contributed by atoms with E-state index in [-0.39, 0.29) is 18.6 Å². The van der Waals surface area contributed by atoms with E-state index in [9.17, 15) is 0 Å². The van der Waals surface area contributed by atoms with Gasteiger partial charge in [-0.2, -0.15) is 0 Å². The average molecular weight is 200 g/mol. The van der Waals surface area contributed by atoms with Crippen LogP contribution in [0.4, 0.5) is 0 Å². The van der Waals surface area contributed by atoms with Gasteiger partial charge in [0.25, 0.3) is 0 Å². The SMILES string of the molecule is C=C(C)[C@@H](CCO)[C@H]1COC(C)(C)O1. The Morgan fingerprint density at radius 3 is 2.64 bits per heavy atom. The smallest absolute Gasteiger partial charge is 0.163 e. The molecule has 3 heteroatoms. The van der Waals surface area contributed by atoms with Crippen LogP contribution in [0.1, 0.15) is 27.2 Å². The number of aliphatic hydroxyl groups is 1. The molecule has 2 atom stereocenters. The van der Waals surface area contributed by atoms with E-state index in [1.165, 1.54) is 0 Å². The third kappa shape index (κ3) is 2.80. The quantitative estimate of drug-likeness (QED) is 0.702. The molecule has 1 fully saturated rings. The number of ether oxygens (including phenoxy) is 2. The summed E-state index contributed by atoms with van der Waals surface area (Å²) in [6.45, 7) is 10.4. The first-order valence-electron chi connectivity index (χ1n) is 5.04. The van der Waals surface area contributed by atoms with Crippen molar-refractivity contribution < 1.29 is 14.6 Å². The highest BCUT2D eigenvalue weighted by atomic mass is 16.7. The molecule has 0 aliphatic carbocycles. The van der Waals surface area contributed by atoms with Gasteiger partial charge in [0, 0.05) is 12.5 Å². The highest BCUT2D eigenvalue weighted by Gasteiger charge is 2.37. The Balaban J connectivity index is 2.58. The van der Waals surface area contributed by atoms with Gasteiger partial charge < -0.3 is 14.6 Å². The fourth-order valence-electron chi connectivity index (χ4n) is 1.80. The molecule has 82 valence electrons. The third-order valence-corrected chi connectivity index (χ3v) is 2.55. The van der Waals surface area contributed by atoms with Crippen LogP contribution in [0, 0.1) is 5.92 Å². The molecule has 0 aromatic heterocycles. The van der Waals surface area contributed by atoms with E-state index in [0.717, 1.165) is 5.57 Å². The molecule has 1 aliphatic rings. The van der Waals surface area contributed by atoms with Crippen LogP contribution < -0.4 is 0 Å². The minimum absolute atomic E-state index is 0.0367. The highest BCUT2D eigenvalue weighted by Crippen LogP contribution is 2.31. The van der Waals surface area contributed by atoms with Crippen molar-refractivity contribution in [1.29, 1.82) is 0 Å². The molecule has 0 unspecified atom stereocenters. The summed E-state index contributed by atoms with van der Waals surface area (Å²) in [5.74, 6) is -0.296. The second kappa shape index (κ2) is 4.43. The fraction of sp³-hybridized carbons (Fsp3) is 0.818. The van der Waals surface area contributed by atoms with Crippen molar-refractivity contribution in [2.24, 2.45) is 5.92 Å².